The molecule has 2 rings (SSSR count). The van der Waals surface area contributed by atoms with Gasteiger partial charge in [-0.1, -0.05) is 0 Å². The number of amides is 2. The largest absolute Gasteiger partial charge is 0.491 e. The monoisotopic (exact) mass is 312 g/mol. The van der Waals surface area contributed by atoms with Crippen LogP contribution >= 0.6 is 0 Å². The fourth-order valence-corrected chi connectivity index (χ4v) is 3.82. The standard InChI is InChI=1S/C14H20N2O4S/c1-10(2)20-13-5-3-11(4-6-13)15-14(17)16-12-7-8-21(18,19)9-12/h3-6,10,12H,7-9H2,1-2H3,(H2,15,16,17)/t12-/m0/s1. The number of urea groups is 1. The highest BCUT2D eigenvalue weighted by Crippen LogP contribution is 2.17. The molecule has 2 amide bonds. The first-order chi connectivity index (χ1) is 9.84. The number of rotatable bonds is 4. The summed E-state index contributed by atoms with van der Waals surface area (Å²) in [6.45, 7) is 3.88. The van der Waals surface area contributed by atoms with E-state index in [0.29, 0.717) is 12.1 Å². The molecule has 0 aromatic heterocycles. The van der Waals surface area contributed by atoms with E-state index < -0.39 is 15.9 Å². The maximum absolute atomic E-state index is 11.8. The number of hydrogen-bond donors (Lipinski definition) is 2. The zero-order chi connectivity index (χ0) is 15.5. The molecule has 21 heavy (non-hydrogen) atoms. The molecule has 0 saturated carbocycles. The summed E-state index contributed by atoms with van der Waals surface area (Å²) in [5.41, 5.74) is 0.629. The van der Waals surface area contributed by atoms with E-state index in [4.69, 9.17) is 4.74 Å². The zero-order valence-corrected chi connectivity index (χ0v) is 12.9. The van der Waals surface area contributed by atoms with Gasteiger partial charge in [-0.15, -0.1) is 0 Å². The highest BCUT2D eigenvalue weighted by Gasteiger charge is 2.28. The molecule has 1 aromatic rings. The maximum atomic E-state index is 11.8. The minimum absolute atomic E-state index is 0.0155. The Kier molecular flexibility index (Phi) is 4.72. The van der Waals surface area contributed by atoms with Crippen LogP contribution in [0.3, 0.4) is 0 Å². The molecule has 1 aliphatic rings. The lowest BCUT2D eigenvalue weighted by molar-refractivity contribution is 0.242. The number of carbonyl (C=O) groups excluding carboxylic acids is 1. The number of benzene rings is 1. The zero-order valence-electron chi connectivity index (χ0n) is 12.1. The molecular formula is C14H20N2O4S. The van der Waals surface area contributed by atoms with Gasteiger partial charge in [-0.05, 0) is 44.5 Å². The summed E-state index contributed by atoms with van der Waals surface area (Å²) in [7, 11) is -2.99. The quantitative estimate of drug-likeness (QED) is 0.887. The first kappa shape index (κ1) is 15.6. The molecule has 1 aromatic carbocycles. The average molecular weight is 312 g/mol. The summed E-state index contributed by atoms with van der Waals surface area (Å²) >= 11 is 0. The molecule has 2 N–H and O–H groups in total. The van der Waals surface area contributed by atoms with Crippen LogP contribution < -0.4 is 15.4 Å². The Morgan fingerprint density at radius 1 is 1.29 bits per heavy atom. The Bertz CT molecular complexity index is 596. The summed E-state index contributed by atoms with van der Waals surface area (Å²) in [4.78, 5) is 11.8. The molecule has 0 radical (unpaired) electrons. The smallest absolute Gasteiger partial charge is 0.319 e. The van der Waals surface area contributed by atoms with Crippen molar-refractivity contribution in [1.82, 2.24) is 5.32 Å². The van der Waals surface area contributed by atoms with Gasteiger partial charge in [0.15, 0.2) is 9.84 Å². The Morgan fingerprint density at radius 3 is 2.48 bits per heavy atom. The first-order valence-electron chi connectivity index (χ1n) is 6.89. The molecule has 1 atom stereocenters. The van der Waals surface area contributed by atoms with Gasteiger partial charge in [0, 0.05) is 11.7 Å². The Hall–Kier alpha value is -1.76. The van der Waals surface area contributed by atoms with E-state index in [9.17, 15) is 13.2 Å². The third kappa shape index (κ3) is 4.93. The molecule has 0 aliphatic carbocycles. The van der Waals surface area contributed by atoms with Crippen molar-refractivity contribution in [3.63, 3.8) is 0 Å². The van der Waals surface area contributed by atoms with Crippen LogP contribution in [0.25, 0.3) is 0 Å². The Labute approximate surface area is 124 Å². The van der Waals surface area contributed by atoms with Gasteiger partial charge in [0.1, 0.15) is 5.75 Å². The van der Waals surface area contributed by atoms with E-state index in [2.05, 4.69) is 10.6 Å². The summed E-state index contributed by atoms with van der Waals surface area (Å²) < 4.78 is 28.2. The van der Waals surface area contributed by atoms with Crippen LogP contribution in [0.15, 0.2) is 24.3 Å². The summed E-state index contributed by atoms with van der Waals surface area (Å²) in [6.07, 6.45) is 0.563. The van der Waals surface area contributed by atoms with Crippen LogP contribution in [-0.4, -0.2) is 38.1 Å². The van der Waals surface area contributed by atoms with Gasteiger partial charge in [-0.3, -0.25) is 0 Å². The molecule has 0 bridgehead atoms. The van der Waals surface area contributed by atoms with Crippen molar-refractivity contribution >= 4 is 21.6 Å². The molecule has 1 heterocycles. The normalized spacial score (nSPS) is 20.2. The summed E-state index contributed by atoms with van der Waals surface area (Å²) in [5, 5.41) is 5.35. The molecular weight excluding hydrogens is 292 g/mol. The van der Waals surface area contributed by atoms with E-state index in [0.717, 1.165) is 5.75 Å². The van der Waals surface area contributed by atoms with Gasteiger partial charge < -0.3 is 15.4 Å². The van der Waals surface area contributed by atoms with E-state index in [-0.39, 0.29) is 23.7 Å². The molecule has 1 aliphatic heterocycles. The minimum Gasteiger partial charge on any atom is -0.491 e. The van der Waals surface area contributed by atoms with Gasteiger partial charge in [0.2, 0.25) is 0 Å². The van der Waals surface area contributed by atoms with Crippen LogP contribution in [0.5, 0.6) is 5.75 Å². The first-order valence-corrected chi connectivity index (χ1v) is 8.71. The number of sulfone groups is 1. The van der Waals surface area contributed by atoms with E-state index >= 15 is 0 Å². The van der Waals surface area contributed by atoms with Crippen molar-refractivity contribution < 1.29 is 17.9 Å². The fourth-order valence-electron chi connectivity index (χ4n) is 2.15. The van der Waals surface area contributed by atoms with E-state index in [1.807, 2.05) is 13.8 Å². The van der Waals surface area contributed by atoms with Crippen LogP contribution in [0.4, 0.5) is 10.5 Å². The molecule has 6 nitrogen and oxygen atoms in total. The van der Waals surface area contributed by atoms with Crippen LogP contribution in [0.1, 0.15) is 20.3 Å². The highest BCUT2D eigenvalue weighted by molar-refractivity contribution is 7.91. The SMILES string of the molecule is CC(C)Oc1ccc(NC(=O)N[C@H]2CCS(=O)(=O)C2)cc1. The maximum Gasteiger partial charge on any atom is 0.319 e. The molecule has 1 fully saturated rings. The second-order valence-corrected chi connectivity index (χ2v) is 7.62. The second kappa shape index (κ2) is 6.34. The predicted molar refractivity (Wildman–Crippen MR) is 81.4 cm³/mol. The van der Waals surface area contributed by atoms with Crippen LogP contribution in [-0.2, 0) is 9.84 Å². The molecule has 116 valence electrons. The van der Waals surface area contributed by atoms with Crippen molar-refractivity contribution in [1.29, 1.82) is 0 Å². The lowest BCUT2D eigenvalue weighted by Crippen LogP contribution is -2.38. The number of ether oxygens (including phenoxy) is 1. The Balaban J connectivity index is 1.85. The molecule has 0 unspecified atom stereocenters. The summed E-state index contributed by atoms with van der Waals surface area (Å²) in [6, 6.07) is 6.32. The Morgan fingerprint density at radius 2 is 1.95 bits per heavy atom. The van der Waals surface area contributed by atoms with Gasteiger partial charge in [-0.2, -0.15) is 0 Å². The average Bonchev–Trinajstić information content (AvgIpc) is 2.70. The van der Waals surface area contributed by atoms with Crippen molar-refractivity contribution in [2.45, 2.75) is 32.4 Å². The van der Waals surface area contributed by atoms with E-state index in [1.165, 1.54) is 0 Å². The second-order valence-electron chi connectivity index (χ2n) is 5.39. The predicted octanol–water partition coefficient (Wildman–Crippen LogP) is 1.78. The van der Waals surface area contributed by atoms with Crippen molar-refractivity contribution in [2.24, 2.45) is 0 Å². The van der Waals surface area contributed by atoms with Gasteiger partial charge in [0.05, 0.1) is 17.6 Å². The number of nitrogens with one attached hydrogen (secondary N) is 2. The van der Waals surface area contributed by atoms with E-state index in [1.54, 1.807) is 24.3 Å². The number of hydrogen-bond acceptors (Lipinski definition) is 4. The minimum atomic E-state index is -2.99. The molecule has 7 heteroatoms. The third-order valence-electron chi connectivity index (χ3n) is 3.05. The lowest BCUT2D eigenvalue weighted by Gasteiger charge is -2.13. The third-order valence-corrected chi connectivity index (χ3v) is 4.82. The van der Waals surface area contributed by atoms with Gasteiger partial charge in [0.25, 0.3) is 0 Å². The molecule has 1 saturated heterocycles. The lowest BCUT2D eigenvalue weighted by atomic mass is 10.2. The van der Waals surface area contributed by atoms with Gasteiger partial charge >= 0.3 is 6.03 Å². The van der Waals surface area contributed by atoms with Gasteiger partial charge in [-0.25, -0.2) is 13.2 Å². The topological polar surface area (TPSA) is 84.5 Å². The van der Waals surface area contributed by atoms with Crippen LogP contribution in [0, 0.1) is 0 Å². The van der Waals surface area contributed by atoms with Crippen molar-refractivity contribution in [3.05, 3.63) is 24.3 Å². The van der Waals surface area contributed by atoms with Crippen LogP contribution in [0.2, 0.25) is 0 Å². The highest BCUT2D eigenvalue weighted by atomic mass is 32.2. The van der Waals surface area contributed by atoms with Crippen molar-refractivity contribution in [3.8, 4) is 5.75 Å². The summed E-state index contributed by atoms with van der Waals surface area (Å²) in [5.74, 6) is 0.888. The fraction of sp³-hybridized carbons (Fsp3) is 0.500. The van der Waals surface area contributed by atoms with Crippen molar-refractivity contribution in [2.75, 3.05) is 16.8 Å². The number of carbonyl (C=O) groups is 1. The number of anilines is 1. The molecule has 0 spiro atoms.